The standard InChI is InChI=1S/C14H26N2O2.C10H20N2O2.C4H6O/c1-14(2,3)18-13(17)15-12-6-8-16(9-7-12)10-11-4-5-11;1-10(2,3)14-9(13)12-8-4-6-11-7-5-8;5-3-4-1-2-4/h11-12H,4-10H2,1-3H3,(H,15,17);8,11H,4-7H2,1-3H3,(H,12,13);3-4H,1-2H2. The molecule has 3 N–H and O–H groups in total. The first-order chi connectivity index (χ1) is 17.3. The van der Waals surface area contributed by atoms with E-state index in [1.165, 1.54) is 19.4 Å². The molecular weight excluding hydrogens is 472 g/mol. The lowest BCUT2D eigenvalue weighted by atomic mass is 10.1. The second kappa shape index (κ2) is 14.9. The van der Waals surface area contributed by atoms with E-state index in [0.717, 1.165) is 76.9 Å². The molecule has 0 aromatic rings. The fraction of sp³-hybridized carbons (Fsp3) is 0.893. The molecular formula is C28H52N4O5. The summed E-state index contributed by atoms with van der Waals surface area (Å²) < 4.78 is 10.4. The quantitative estimate of drug-likeness (QED) is 0.462. The summed E-state index contributed by atoms with van der Waals surface area (Å²) in [5, 5.41) is 9.10. The molecule has 0 aromatic carbocycles. The Balaban J connectivity index is 0.000000224. The molecule has 0 radical (unpaired) electrons. The number of aldehydes is 1. The highest BCUT2D eigenvalue weighted by molar-refractivity contribution is 5.68. The Morgan fingerprint density at radius 2 is 1.24 bits per heavy atom. The van der Waals surface area contributed by atoms with E-state index >= 15 is 0 Å². The number of rotatable bonds is 5. The van der Waals surface area contributed by atoms with Crippen LogP contribution in [0.3, 0.4) is 0 Å². The molecule has 2 saturated heterocycles. The van der Waals surface area contributed by atoms with Gasteiger partial charge in [-0.1, -0.05) is 0 Å². The van der Waals surface area contributed by atoms with Crippen LogP contribution in [-0.4, -0.2) is 79.4 Å². The summed E-state index contributed by atoms with van der Waals surface area (Å²) in [5.41, 5.74) is -0.812. The number of hydrogen-bond acceptors (Lipinski definition) is 7. The number of alkyl carbamates (subject to hydrolysis) is 2. The molecule has 214 valence electrons. The normalized spacial score (nSPS) is 21.4. The van der Waals surface area contributed by atoms with Gasteiger partial charge in [-0.3, -0.25) is 0 Å². The van der Waals surface area contributed by atoms with Crippen molar-refractivity contribution in [2.75, 3.05) is 32.7 Å². The van der Waals surface area contributed by atoms with Gasteiger partial charge in [0.25, 0.3) is 0 Å². The molecule has 37 heavy (non-hydrogen) atoms. The van der Waals surface area contributed by atoms with Crippen LogP contribution in [0.5, 0.6) is 0 Å². The van der Waals surface area contributed by atoms with Crippen LogP contribution in [0, 0.1) is 11.8 Å². The Bertz CT molecular complexity index is 696. The van der Waals surface area contributed by atoms with Gasteiger partial charge in [0.2, 0.25) is 0 Å². The Hall–Kier alpha value is -1.87. The minimum atomic E-state index is -0.406. The zero-order valence-electron chi connectivity index (χ0n) is 24.1. The van der Waals surface area contributed by atoms with Crippen molar-refractivity contribution in [1.82, 2.24) is 20.9 Å². The first kappa shape index (κ1) is 31.3. The van der Waals surface area contributed by atoms with Crippen molar-refractivity contribution in [3.8, 4) is 0 Å². The molecule has 0 atom stereocenters. The highest BCUT2D eigenvalue weighted by Crippen LogP contribution is 2.30. The monoisotopic (exact) mass is 524 g/mol. The van der Waals surface area contributed by atoms with Gasteiger partial charge in [-0.05, 0) is 112 Å². The van der Waals surface area contributed by atoms with Gasteiger partial charge in [0.15, 0.2) is 0 Å². The van der Waals surface area contributed by atoms with E-state index in [-0.39, 0.29) is 24.3 Å². The number of nitrogens with zero attached hydrogens (tertiary/aromatic N) is 1. The summed E-state index contributed by atoms with van der Waals surface area (Å²) in [6, 6.07) is 0.557. The van der Waals surface area contributed by atoms with Crippen LogP contribution in [0.2, 0.25) is 0 Å². The van der Waals surface area contributed by atoms with E-state index in [0.29, 0.717) is 5.92 Å². The number of carbonyl (C=O) groups is 3. The first-order valence-corrected chi connectivity index (χ1v) is 14.2. The highest BCUT2D eigenvalue weighted by atomic mass is 16.6. The number of piperidine rings is 2. The van der Waals surface area contributed by atoms with Crippen LogP contribution in [0.1, 0.15) is 92.9 Å². The summed E-state index contributed by atoms with van der Waals surface area (Å²) in [5.74, 6) is 1.41. The molecule has 0 unspecified atom stereocenters. The maximum absolute atomic E-state index is 11.6. The molecule has 0 aromatic heterocycles. The molecule has 2 amide bonds. The number of nitrogens with one attached hydrogen (secondary N) is 3. The van der Waals surface area contributed by atoms with Gasteiger partial charge >= 0.3 is 12.2 Å². The van der Waals surface area contributed by atoms with E-state index in [9.17, 15) is 14.4 Å². The minimum Gasteiger partial charge on any atom is -0.444 e. The van der Waals surface area contributed by atoms with E-state index in [2.05, 4.69) is 20.9 Å². The SMILES string of the molecule is CC(C)(C)OC(=O)NC1CCN(CC2CC2)CC1.CC(C)(C)OC(=O)NC1CCNCC1.O=CC1CC1. The van der Waals surface area contributed by atoms with Gasteiger partial charge in [-0.25, -0.2) is 9.59 Å². The van der Waals surface area contributed by atoms with Gasteiger partial charge in [-0.2, -0.15) is 0 Å². The molecule has 2 aliphatic carbocycles. The molecule has 2 heterocycles. The van der Waals surface area contributed by atoms with Gasteiger partial charge in [0, 0.05) is 37.6 Å². The Kier molecular flexibility index (Phi) is 12.6. The number of ether oxygens (including phenoxy) is 2. The second-order valence-electron chi connectivity index (χ2n) is 12.8. The summed E-state index contributed by atoms with van der Waals surface area (Å²) in [4.78, 5) is 35.1. The zero-order chi connectivity index (χ0) is 27.5. The van der Waals surface area contributed by atoms with Gasteiger partial charge in [0.05, 0.1) is 0 Å². The maximum atomic E-state index is 11.6. The maximum Gasteiger partial charge on any atom is 0.407 e. The third-order valence-electron chi connectivity index (χ3n) is 6.40. The van der Waals surface area contributed by atoms with E-state index in [1.54, 1.807) is 0 Å². The fourth-order valence-electron chi connectivity index (χ4n) is 4.07. The lowest BCUT2D eigenvalue weighted by Gasteiger charge is -2.32. The van der Waals surface area contributed by atoms with Crippen molar-refractivity contribution in [1.29, 1.82) is 0 Å². The van der Waals surface area contributed by atoms with Gasteiger partial charge < -0.3 is 35.1 Å². The third-order valence-corrected chi connectivity index (χ3v) is 6.40. The summed E-state index contributed by atoms with van der Waals surface area (Å²) in [6.07, 6.45) is 9.63. The molecule has 2 saturated carbocycles. The predicted octanol–water partition coefficient (Wildman–Crippen LogP) is 4.24. The van der Waals surface area contributed by atoms with Crippen molar-refractivity contribution in [2.24, 2.45) is 11.8 Å². The number of hydrogen-bond donors (Lipinski definition) is 3. The van der Waals surface area contributed by atoms with Crippen molar-refractivity contribution in [3.05, 3.63) is 0 Å². The lowest BCUT2D eigenvalue weighted by Crippen LogP contribution is -2.46. The number of amides is 2. The van der Waals surface area contributed by atoms with Gasteiger partial charge in [-0.15, -0.1) is 0 Å². The molecule has 4 aliphatic rings. The zero-order valence-corrected chi connectivity index (χ0v) is 24.1. The van der Waals surface area contributed by atoms with E-state index < -0.39 is 11.2 Å². The molecule has 0 spiro atoms. The van der Waals surface area contributed by atoms with Crippen LogP contribution >= 0.6 is 0 Å². The molecule has 2 aliphatic heterocycles. The topological polar surface area (TPSA) is 109 Å². The average molecular weight is 525 g/mol. The van der Waals surface area contributed by atoms with Crippen molar-refractivity contribution < 1.29 is 23.9 Å². The molecule has 0 bridgehead atoms. The minimum absolute atomic E-state index is 0.270. The Morgan fingerprint density at radius 1 is 0.784 bits per heavy atom. The largest absolute Gasteiger partial charge is 0.444 e. The van der Waals surface area contributed by atoms with Crippen LogP contribution in [0.15, 0.2) is 0 Å². The Labute approximate surface area is 224 Å². The average Bonchev–Trinajstić information content (AvgIpc) is 3.69. The van der Waals surface area contributed by atoms with Crippen molar-refractivity contribution in [2.45, 2.75) is 116 Å². The molecule has 9 heteroatoms. The summed E-state index contributed by atoms with van der Waals surface area (Å²) in [7, 11) is 0. The smallest absolute Gasteiger partial charge is 0.407 e. The number of carbonyl (C=O) groups excluding carboxylic acids is 3. The van der Waals surface area contributed by atoms with Crippen molar-refractivity contribution >= 4 is 18.5 Å². The number of likely N-dealkylation sites (tertiary alicyclic amines) is 1. The van der Waals surface area contributed by atoms with Crippen LogP contribution in [0.4, 0.5) is 9.59 Å². The molecule has 4 fully saturated rings. The van der Waals surface area contributed by atoms with Crippen LogP contribution < -0.4 is 16.0 Å². The summed E-state index contributed by atoms with van der Waals surface area (Å²) in [6.45, 7) is 16.7. The highest BCUT2D eigenvalue weighted by Gasteiger charge is 2.28. The van der Waals surface area contributed by atoms with Gasteiger partial charge in [0.1, 0.15) is 17.5 Å². The van der Waals surface area contributed by atoms with E-state index in [1.807, 2.05) is 41.5 Å². The third kappa shape index (κ3) is 16.6. The van der Waals surface area contributed by atoms with Crippen molar-refractivity contribution in [3.63, 3.8) is 0 Å². The van der Waals surface area contributed by atoms with E-state index in [4.69, 9.17) is 9.47 Å². The lowest BCUT2D eigenvalue weighted by molar-refractivity contribution is -0.108. The van der Waals surface area contributed by atoms with Crippen LogP contribution in [0.25, 0.3) is 0 Å². The first-order valence-electron chi connectivity index (χ1n) is 14.2. The second-order valence-corrected chi connectivity index (χ2v) is 12.8. The molecule has 4 rings (SSSR count). The summed E-state index contributed by atoms with van der Waals surface area (Å²) >= 11 is 0. The predicted molar refractivity (Wildman–Crippen MR) is 146 cm³/mol. The van der Waals surface area contributed by atoms with Crippen LogP contribution in [-0.2, 0) is 14.3 Å². The fourth-order valence-corrected chi connectivity index (χ4v) is 4.07. The molecule has 9 nitrogen and oxygen atoms in total. The Morgan fingerprint density at radius 3 is 1.59 bits per heavy atom.